The largest absolute Gasteiger partial charge is 0.304 e. The first-order valence-corrected chi connectivity index (χ1v) is 31.7. The molecule has 444 valence electrons. The summed E-state index contributed by atoms with van der Waals surface area (Å²) in [6.45, 7) is 26.4. The van der Waals surface area contributed by atoms with Gasteiger partial charge in [0, 0.05) is 84.8 Å². The molecule has 6 heterocycles. The Bertz CT molecular complexity index is 5000. The van der Waals surface area contributed by atoms with E-state index >= 15 is 0 Å². The molecule has 90 heavy (non-hydrogen) atoms. The van der Waals surface area contributed by atoms with Crippen molar-refractivity contribution in [2.75, 3.05) is 0 Å². The third kappa shape index (κ3) is 8.20. The van der Waals surface area contributed by atoms with Crippen LogP contribution in [0.15, 0.2) is 197 Å². The van der Waals surface area contributed by atoms with Crippen molar-refractivity contribution in [1.29, 1.82) is 0 Å². The van der Waals surface area contributed by atoms with Crippen LogP contribution in [-0.2, 0) is 32.5 Å². The number of fused-ring (bicyclic) bond motifs is 15. The van der Waals surface area contributed by atoms with Crippen molar-refractivity contribution >= 4 is 49.3 Å². The Morgan fingerprint density at radius 3 is 0.789 bits per heavy atom. The van der Waals surface area contributed by atoms with Crippen LogP contribution in [0.1, 0.15) is 136 Å². The van der Waals surface area contributed by atoms with Gasteiger partial charge in [0.1, 0.15) is 16.9 Å². The van der Waals surface area contributed by atoms with E-state index in [9.17, 15) is 14.4 Å². The number of aromatic nitrogens is 6. The van der Waals surface area contributed by atoms with Gasteiger partial charge < -0.3 is 13.2 Å². The van der Waals surface area contributed by atoms with Crippen molar-refractivity contribution in [3.05, 3.63) is 247 Å². The van der Waals surface area contributed by atoms with Gasteiger partial charge in [-0.15, -0.1) is 0 Å². The van der Waals surface area contributed by atoms with Gasteiger partial charge in [0.25, 0.3) is 16.7 Å². The Hall–Kier alpha value is -9.60. The van der Waals surface area contributed by atoms with E-state index in [0.717, 1.165) is 152 Å². The lowest BCUT2D eigenvalue weighted by atomic mass is 9.82. The minimum atomic E-state index is -0.276. The van der Waals surface area contributed by atoms with E-state index in [-0.39, 0.29) is 49.2 Å². The SMILES string of the molecule is CC1(C)CC(C)(C)c2c1c(=O)nc1c3ccc(-c4ccccc4-c4cc(-c5ccccc5-c5ccc6c(ccn7c8c(c(=O)nc67)C(C)(C)CC8(C)C)c5)cc(-c5ccccc5-c5ccc6c(ccn7c8c(c(=O)nc67)C(C)(C)CC8(C)C)c5)c4)cc3ccn21. The summed E-state index contributed by atoms with van der Waals surface area (Å²) in [6, 6.07) is 59.2. The molecule has 16 rings (SSSR count). The van der Waals surface area contributed by atoms with Gasteiger partial charge in [-0.05, 0) is 173 Å². The lowest BCUT2D eigenvalue weighted by molar-refractivity contribution is 0.397. The highest BCUT2D eigenvalue weighted by atomic mass is 16.1. The summed E-state index contributed by atoms with van der Waals surface area (Å²) in [5.41, 5.74) is 18.6. The van der Waals surface area contributed by atoms with Crippen molar-refractivity contribution in [2.45, 2.75) is 135 Å². The van der Waals surface area contributed by atoms with Crippen molar-refractivity contribution in [3.8, 4) is 66.8 Å². The summed E-state index contributed by atoms with van der Waals surface area (Å²) < 4.78 is 6.50. The summed E-state index contributed by atoms with van der Waals surface area (Å²) >= 11 is 0. The second-order valence-corrected chi connectivity index (χ2v) is 30.1. The van der Waals surface area contributed by atoms with Crippen LogP contribution < -0.4 is 16.7 Å². The molecule has 6 aromatic heterocycles. The van der Waals surface area contributed by atoms with E-state index in [4.69, 9.17) is 15.0 Å². The summed E-state index contributed by atoms with van der Waals surface area (Å²) in [5, 5.41) is 5.82. The highest BCUT2D eigenvalue weighted by molar-refractivity contribution is 6.02. The third-order valence-electron chi connectivity index (χ3n) is 20.7. The molecule has 0 saturated carbocycles. The van der Waals surface area contributed by atoms with Crippen LogP contribution in [-0.4, -0.2) is 28.2 Å². The zero-order chi connectivity index (χ0) is 62.5. The number of pyridine rings is 3. The van der Waals surface area contributed by atoms with Crippen LogP contribution in [0.2, 0.25) is 0 Å². The second-order valence-electron chi connectivity index (χ2n) is 30.1. The molecule has 13 aromatic rings. The monoisotopic (exact) mass is 1180 g/mol. The Morgan fingerprint density at radius 2 is 0.533 bits per heavy atom. The highest BCUT2D eigenvalue weighted by Gasteiger charge is 2.48. The summed E-state index contributed by atoms with van der Waals surface area (Å²) in [7, 11) is 0. The quantitative estimate of drug-likeness (QED) is 0.154. The van der Waals surface area contributed by atoms with E-state index in [0.29, 0.717) is 16.9 Å². The average molecular weight is 1180 g/mol. The number of hydrogen-bond donors (Lipinski definition) is 0. The molecule has 9 heteroatoms. The summed E-state index contributed by atoms with van der Waals surface area (Å²) in [6.07, 6.45) is 8.94. The van der Waals surface area contributed by atoms with E-state index in [1.807, 2.05) is 0 Å². The Labute approximate surface area is 523 Å². The molecule has 0 spiro atoms. The first-order valence-electron chi connectivity index (χ1n) is 31.7. The van der Waals surface area contributed by atoms with Gasteiger partial charge in [0.15, 0.2) is 0 Å². The molecule has 0 bridgehead atoms. The lowest BCUT2D eigenvalue weighted by Crippen LogP contribution is -2.26. The van der Waals surface area contributed by atoms with Crippen LogP contribution in [0.25, 0.3) is 116 Å². The predicted octanol–water partition coefficient (Wildman–Crippen LogP) is 18.0. The maximum atomic E-state index is 14.0. The fourth-order valence-corrected chi connectivity index (χ4v) is 18.0. The first kappa shape index (κ1) is 55.7. The summed E-state index contributed by atoms with van der Waals surface area (Å²) in [5.74, 6) is 0. The van der Waals surface area contributed by atoms with E-state index in [2.05, 4.69) is 279 Å². The van der Waals surface area contributed by atoms with E-state index in [1.54, 1.807) is 0 Å². The molecule has 0 unspecified atom stereocenters. The molecular formula is C81H72N6O3. The van der Waals surface area contributed by atoms with Gasteiger partial charge in [-0.3, -0.25) is 14.4 Å². The molecule has 0 N–H and O–H groups in total. The molecule has 0 atom stereocenters. The highest BCUT2D eigenvalue weighted by Crippen LogP contribution is 2.52. The lowest BCUT2D eigenvalue weighted by Gasteiger charge is -2.23. The van der Waals surface area contributed by atoms with Crippen molar-refractivity contribution < 1.29 is 0 Å². The van der Waals surface area contributed by atoms with Gasteiger partial charge in [0.2, 0.25) is 0 Å². The molecule has 0 radical (unpaired) electrons. The van der Waals surface area contributed by atoms with Gasteiger partial charge in [-0.25, -0.2) is 0 Å². The zero-order valence-electron chi connectivity index (χ0n) is 53.3. The first-order chi connectivity index (χ1) is 42.8. The molecule has 0 saturated heterocycles. The molecule has 3 aliphatic rings. The molecule has 9 nitrogen and oxygen atoms in total. The van der Waals surface area contributed by atoms with Crippen LogP contribution in [0.5, 0.6) is 0 Å². The van der Waals surface area contributed by atoms with E-state index in [1.165, 1.54) is 0 Å². The molecule has 3 aliphatic carbocycles. The van der Waals surface area contributed by atoms with Crippen LogP contribution in [0, 0.1) is 0 Å². The predicted molar refractivity (Wildman–Crippen MR) is 369 cm³/mol. The van der Waals surface area contributed by atoms with Crippen LogP contribution in [0.4, 0.5) is 0 Å². The van der Waals surface area contributed by atoms with Gasteiger partial charge >= 0.3 is 0 Å². The Kier molecular flexibility index (Phi) is 11.6. The smallest absolute Gasteiger partial charge is 0.277 e. The number of nitrogens with zero attached hydrogens (tertiary/aromatic N) is 6. The molecule has 0 fully saturated rings. The van der Waals surface area contributed by atoms with Crippen LogP contribution >= 0.6 is 0 Å². The van der Waals surface area contributed by atoms with Gasteiger partial charge in [-0.1, -0.05) is 192 Å². The van der Waals surface area contributed by atoms with E-state index < -0.39 is 0 Å². The molecular weight excluding hydrogens is 1100 g/mol. The average Bonchev–Trinajstić information content (AvgIpc) is 1.52. The normalized spacial score (nSPS) is 17.2. The minimum Gasteiger partial charge on any atom is -0.304 e. The fourth-order valence-electron chi connectivity index (χ4n) is 18.0. The maximum absolute atomic E-state index is 14.0. The summed E-state index contributed by atoms with van der Waals surface area (Å²) in [4.78, 5) is 56.5. The third-order valence-corrected chi connectivity index (χ3v) is 20.7. The van der Waals surface area contributed by atoms with Gasteiger partial charge in [0.05, 0.1) is 0 Å². The van der Waals surface area contributed by atoms with Crippen LogP contribution in [0.3, 0.4) is 0 Å². The number of rotatable bonds is 6. The maximum Gasteiger partial charge on any atom is 0.277 e. The van der Waals surface area contributed by atoms with Crippen molar-refractivity contribution in [3.63, 3.8) is 0 Å². The zero-order valence-corrected chi connectivity index (χ0v) is 53.3. The Morgan fingerprint density at radius 1 is 0.289 bits per heavy atom. The fraction of sp³-hybridized carbons (Fsp3) is 0.259. The Balaban J connectivity index is 0.868. The topological polar surface area (TPSA) is 103 Å². The number of hydrogen-bond acceptors (Lipinski definition) is 6. The number of benzene rings is 7. The van der Waals surface area contributed by atoms with Gasteiger partial charge in [-0.2, -0.15) is 15.0 Å². The van der Waals surface area contributed by atoms with Crippen molar-refractivity contribution in [1.82, 2.24) is 28.2 Å². The standard InChI is InChI=1S/C81H72N6O3/c1-76(2)43-79(7,8)67-64(76)73(88)82-70-61-28-25-46(37-49(61)31-34-85(67)70)55-19-13-16-22-58(55)52-40-53(59-23-17-14-20-56(59)47-26-29-62-50(38-47)32-35-86-68-65(74(89)83-71(62)86)77(3,4)44-80(68,9)10)42-54(41-52)60-24-18-15-21-57(60)48-27-30-63-51(39-48)33-36-87-69-66(75(90)84-72(63)87)78(5,6)45-81(69,11)12/h13-42H,43-45H2,1-12H3. The van der Waals surface area contributed by atoms with Crippen molar-refractivity contribution in [2.24, 2.45) is 0 Å². The molecule has 0 aliphatic heterocycles. The second kappa shape index (κ2) is 18.7. The molecule has 0 amide bonds. The minimum absolute atomic E-state index is 0.137. The molecule has 7 aromatic carbocycles.